The normalized spacial score (nSPS) is 17.7. The molecule has 4 rings (SSSR count). The van der Waals surface area contributed by atoms with Crippen molar-refractivity contribution < 1.29 is 14.0 Å². The summed E-state index contributed by atoms with van der Waals surface area (Å²) in [6.07, 6.45) is 7.62. The monoisotopic (exact) mass is 395 g/mol. The van der Waals surface area contributed by atoms with Gasteiger partial charge in [0.2, 0.25) is 5.91 Å². The Balaban J connectivity index is 1.67. The van der Waals surface area contributed by atoms with Crippen LogP contribution in [-0.2, 0) is 4.79 Å². The number of nitrogens with zero attached hydrogens (tertiary/aromatic N) is 2. The van der Waals surface area contributed by atoms with E-state index in [9.17, 15) is 9.59 Å². The van der Waals surface area contributed by atoms with E-state index in [4.69, 9.17) is 4.42 Å². The number of hydrogen-bond acceptors (Lipinski definition) is 4. The highest BCUT2D eigenvalue weighted by Gasteiger charge is 2.43. The maximum absolute atomic E-state index is 13.4. The molecule has 0 radical (unpaired) electrons. The van der Waals surface area contributed by atoms with Crippen molar-refractivity contribution in [3.05, 3.63) is 54.0 Å². The first kappa shape index (κ1) is 19.6. The van der Waals surface area contributed by atoms with Gasteiger partial charge in [0.05, 0.1) is 6.26 Å². The van der Waals surface area contributed by atoms with Crippen LogP contribution in [0.4, 0.5) is 5.69 Å². The summed E-state index contributed by atoms with van der Waals surface area (Å²) >= 11 is 0. The molecular weight excluding hydrogens is 366 g/mol. The van der Waals surface area contributed by atoms with E-state index in [0.29, 0.717) is 0 Å². The van der Waals surface area contributed by atoms with Crippen molar-refractivity contribution in [3.8, 4) is 0 Å². The lowest BCUT2D eigenvalue weighted by Gasteiger charge is -2.32. The first-order valence-electron chi connectivity index (χ1n) is 10.5. The van der Waals surface area contributed by atoms with Gasteiger partial charge in [0.25, 0.3) is 5.91 Å². The first-order chi connectivity index (χ1) is 14.0. The Morgan fingerprint density at radius 3 is 2.28 bits per heavy atom. The Morgan fingerprint density at radius 2 is 1.72 bits per heavy atom. The van der Waals surface area contributed by atoms with Gasteiger partial charge < -0.3 is 19.5 Å². The van der Waals surface area contributed by atoms with E-state index in [1.54, 1.807) is 17.0 Å². The van der Waals surface area contributed by atoms with Gasteiger partial charge in [-0.3, -0.25) is 9.59 Å². The molecule has 29 heavy (non-hydrogen) atoms. The molecule has 154 valence electrons. The van der Waals surface area contributed by atoms with Crippen molar-refractivity contribution in [2.75, 3.05) is 19.0 Å². The lowest BCUT2D eigenvalue weighted by atomic mass is 10.0. The molecule has 0 aliphatic heterocycles. The maximum atomic E-state index is 13.4. The van der Waals surface area contributed by atoms with Gasteiger partial charge in [-0.25, -0.2) is 0 Å². The highest BCUT2D eigenvalue weighted by molar-refractivity contribution is 5.96. The van der Waals surface area contributed by atoms with Crippen molar-refractivity contribution in [1.29, 1.82) is 0 Å². The predicted octanol–water partition coefficient (Wildman–Crippen LogP) is 3.75. The number of furan rings is 1. The summed E-state index contributed by atoms with van der Waals surface area (Å²) in [5.41, 5.74) is 1.89. The molecule has 0 unspecified atom stereocenters. The van der Waals surface area contributed by atoms with Crippen molar-refractivity contribution >= 4 is 17.5 Å². The van der Waals surface area contributed by atoms with Gasteiger partial charge in [-0.1, -0.05) is 25.0 Å². The SMILES string of the molecule is CN(C)c1ccc([C@@H](C(=O)NC2CCCC2)N(C(=O)c2ccco2)C2CC2)cc1. The molecule has 0 bridgehead atoms. The lowest BCUT2D eigenvalue weighted by molar-refractivity contribution is -0.126. The summed E-state index contributed by atoms with van der Waals surface area (Å²) in [6, 6.07) is 10.9. The van der Waals surface area contributed by atoms with Crippen molar-refractivity contribution in [3.63, 3.8) is 0 Å². The second kappa shape index (κ2) is 8.31. The van der Waals surface area contributed by atoms with Crippen molar-refractivity contribution in [2.45, 2.75) is 56.7 Å². The molecule has 0 saturated heterocycles. The second-order valence-corrected chi connectivity index (χ2v) is 8.30. The molecule has 6 nitrogen and oxygen atoms in total. The van der Waals surface area contributed by atoms with Crippen LogP contribution in [0.2, 0.25) is 0 Å². The number of carbonyl (C=O) groups is 2. The summed E-state index contributed by atoms with van der Waals surface area (Å²) in [7, 11) is 3.96. The van der Waals surface area contributed by atoms with Crippen LogP contribution in [0.25, 0.3) is 0 Å². The second-order valence-electron chi connectivity index (χ2n) is 8.30. The number of anilines is 1. The molecule has 1 heterocycles. The number of benzene rings is 1. The quantitative estimate of drug-likeness (QED) is 0.775. The minimum absolute atomic E-state index is 0.0699. The topological polar surface area (TPSA) is 65.8 Å². The average molecular weight is 396 g/mol. The van der Waals surface area contributed by atoms with Gasteiger partial charge in [0.1, 0.15) is 6.04 Å². The number of amides is 2. The molecule has 1 aromatic carbocycles. The molecule has 1 N–H and O–H groups in total. The molecule has 0 spiro atoms. The molecule has 2 fully saturated rings. The fraction of sp³-hybridized carbons (Fsp3) is 0.478. The Hall–Kier alpha value is -2.76. The molecular formula is C23H29N3O3. The molecule has 6 heteroatoms. The summed E-state index contributed by atoms with van der Waals surface area (Å²) in [4.78, 5) is 30.4. The van der Waals surface area contributed by atoms with Gasteiger partial charge in [-0.15, -0.1) is 0 Å². The molecule has 2 aliphatic rings. The van der Waals surface area contributed by atoms with Crippen LogP contribution in [0.1, 0.15) is 60.7 Å². The molecule has 1 aromatic heterocycles. The van der Waals surface area contributed by atoms with Crippen LogP contribution >= 0.6 is 0 Å². The standard InChI is InChI=1S/C23H29N3O3/c1-25(2)18-11-9-16(10-12-18)21(22(27)24-17-6-3-4-7-17)26(19-13-14-19)23(28)20-8-5-15-29-20/h5,8-12,15,17,19,21H,3-4,6-7,13-14H2,1-2H3,(H,24,27)/t21-/m0/s1. The highest BCUT2D eigenvalue weighted by Crippen LogP contribution is 2.37. The van der Waals surface area contributed by atoms with E-state index in [0.717, 1.165) is 49.8 Å². The van der Waals surface area contributed by atoms with Gasteiger partial charge in [0, 0.05) is 31.9 Å². The van der Waals surface area contributed by atoms with Crippen LogP contribution < -0.4 is 10.2 Å². The summed E-state index contributed by atoms with van der Waals surface area (Å²) < 4.78 is 5.37. The Morgan fingerprint density at radius 1 is 1.03 bits per heavy atom. The molecule has 2 aliphatic carbocycles. The van der Waals surface area contributed by atoms with Crippen molar-refractivity contribution in [2.24, 2.45) is 0 Å². The molecule has 1 atom stereocenters. The van der Waals surface area contributed by atoms with E-state index in [2.05, 4.69) is 5.32 Å². The fourth-order valence-corrected chi connectivity index (χ4v) is 4.12. The zero-order valence-corrected chi connectivity index (χ0v) is 17.1. The molecule has 2 aromatic rings. The van der Waals surface area contributed by atoms with E-state index in [1.165, 1.54) is 6.26 Å². The number of rotatable bonds is 7. The molecule has 2 amide bonds. The smallest absolute Gasteiger partial charge is 0.290 e. The largest absolute Gasteiger partial charge is 0.459 e. The average Bonchev–Trinajstić information content (AvgIpc) is 3.17. The Bertz CT molecular complexity index is 835. The third-order valence-electron chi connectivity index (χ3n) is 5.86. The van der Waals surface area contributed by atoms with Gasteiger partial charge in [-0.2, -0.15) is 0 Å². The minimum atomic E-state index is -0.656. The third-order valence-corrected chi connectivity index (χ3v) is 5.86. The summed E-state index contributed by atoms with van der Waals surface area (Å²) in [5.74, 6) is -0.0393. The Kier molecular flexibility index (Phi) is 5.60. The van der Waals surface area contributed by atoms with Gasteiger partial charge in [-0.05, 0) is 55.5 Å². The van der Waals surface area contributed by atoms with E-state index in [-0.39, 0.29) is 29.7 Å². The zero-order valence-electron chi connectivity index (χ0n) is 17.1. The van der Waals surface area contributed by atoms with Crippen LogP contribution in [-0.4, -0.2) is 42.9 Å². The van der Waals surface area contributed by atoms with E-state index >= 15 is 0 Å². The maximum Gasteiger partial charge on any atom is 0.290 e. The van der Waals surface area contributed by atoms with Crippen LogP contribution in [0.5, 0.6) is 0 Å². The van der Waals surface area contributed by atoms with Crippen molar-refractivity contribution in [1.82, 2.24) is 10.2 Å². The summed E-state index contributed by atoms with van der Waals surface area (Å²) in [5, 5.41) is 3.20. The summed E-state index contributed by atoms with van der Waals surface area (Å²) in [6.45, 7) is 0. The highest BCUT2D eigenvalue weighted by atomic mass is 16.3. The lowest BCUT2D eigenvalue weighted by Crippen LogP contribution is -2.47. The number of nitrogens with one attached hydrogen (secondary N) is 1. The third kappa shape index (κ3) is 4.31. The van der Waals surface area contributed by atoms with Crippen LogP contribution in [0.15, 0.2) is 47.1 Å². The van der Waals surface area contributed by atoms with Gasteiger partial charge >= 0.3 is 0 Å². The minimum Gasteiger partial charge on any atom is -0.459 e. The van der Waals surface area contributed by atoms with Crippen LogP contribution in [0, 0.1) is 0 Å². The first-order valence-corrected chi connectivity index (χ1v) is 10.5. The Labute approximate surface area is 171 Å². The number of carbonyl (C=O) groups excluding carboxylic acids is 2. The molecule has 2 saturated carbocycles. The zero-order chi connectivity index (χ0) is 20.4. The van der Waals surface area contributed by atoms with E-state index < -0.39 is 6.04 Å². The predicted molar refractivity (Wildman–Crippen MR) is 112 cm³/mol. The van der Waals surface area contributed by atoms with E-state index in [1.807, 2.05) is 43.3 Å². The van der Waals surface area contributed by atoms with Gasteiger partial charge in [0.15, 0.2) is 5.76 Å². The number of hydrogen-bond donors (Lipinski definition) is 1. The fourth-order valence-electron chi connectivity index (χ4n) is 4.12. The van der Waals surface area contributed by atoms with Crippen LogP contribution in [0.3, 0.4) is 0 Å².